The zero-order chi connectivity index (χ0) is 17.4. The Balaban J connectivity index is 1.87. The summed E-state index contributed by atoms with van der Waals surface area (Å²) < 4.78 is 71.1. The molecule has 9 heteroatoms. The predicted octanol–water partition coefficient (Wildman–Crippen LogP) is 2.98. The van der Waals surface area contributed by atoms with Gasteiger partial charge in [-0.2, -0.15) is 13.2 Å². The van der Waals surface area contributed by atoms with Gasteiger partial charge < -0.3 is 4.74 Å². The van der Waals surface area contributed by atoms with Gasteiger partial charge >= 0.3 is 6.18 Å². The minimum atomic E-state index is -4.62. The van der Waals surface area contributed by atoms with E-state index in [2.05, 4.69) is 9.71 Å². The minimum Gasteiger partial charge on any atom is -0.493 e. The van der Waals surface area contributed by atoms with Gasteiger partial charge in [0.15, 0.2) is 0 Å². The Morgan fingerprint density at radius 1 is 1.21 bits per heavy atom. The second-order valence-electron chi connectivity index (χ2n) is 5.25. The van der Waals surface area contributed by atoms with E-state index in [9.17, 15) is 21.6 Å². The molecule has 0 fully saturated rings. The van der Waals surface area contributed by atoms with Gasteiger partial charge in [0.2, 0.25) is 10.0 Å². The van der Waals surface area contributed by atoms with Gasteiger partial charge in [0.1, 0.15) is 11.6 Å². The van der Waals surface area contributed by atoms with E-state index in [0.717, 1.165) is 12.1 Å². The molecule has 0 radical (unpaired) electrons. The minimum absolute atomic E-state index is 0.0921. The van der Waals surface area contributed by atoms with Gasteiger partial charge in [0, 0.05) is 18.2 Å². The van der Waals surface area contributed by atoms with Gasteiger partial charge in [0.05, 0.1) is 17.9 Å². The number of sulfonamides is 1. The molecule has 5 nitrogen and oxygen atoms in total. The Bertz CT molecular complexity index is 867. The lowest BCUT2D eigenvalue weighted by molar-refractivity contribution is -0.138. The number of aromatic nitrogens is 1. The molecule has 1 aromatic carbocycles. The van der Waals surface area contributed by atoms with Gasteiger partial charge in [-0.05, 0) is 17.7 Å². The Kier molecular flexibility index (Phi) is 4.12. The first-order valence-corrected chi connectivity index (χ1v) is 8.68. The third kappa shape index (κ3) is 3.45. The topological polar surface area (TPSA) is 68.3 Å². The fourth-order valence-corrected chi connectivity index (χ4v) is 3.72. The highest BCUT2D eigenvalue weighted by molar-refractivity contribution is 7.91. The number of fused-ring (bicyclic) bond motifs is 1. The van der Waals surface area contributed by atoms with Crippen LogP contribution in [0.5, 0.6) is 5.75 Å². The van der Waals surface area contributed by atoms with Crippen molar-refractivity contribution in [3.05, 3.63) is 53.2 Å². The number of halogens is 3. The number of nitrogens with zero attached hydrogens (tertiary/aromatic N) is 1. The lowest BCUT2D eigenvalue weighted by Gasteiger charge is -2.14. The van der Waals surface area contributed by atoms with Crippen LogP contribution in [0.2, 0.25) is 0 Å². The Morgan fingerprint density at radius 2 is 1.96 bits per heavy atom. The molecule has 1 aliphatic rings. The van der Waals surface area contributed by atoms with Crippen molar-refractivity contribution in [2.24, 2.45) is 0 Å². The fourth-order valence-electron chi connectivity index (χ4n) is 2.51. The van der Waals surface area contributed by atoms with Gasteiger partial charge in [0.25, 0.3) is 0 Å². The molecule has 0 amide bonds. The molecule has 128 valence electrons. The highest BCUT2D eigenvalue weighted by Gasteiger charge is 2.34. The molecule has 0 atom stereocenters. The van der Waals surface area contributed by atoms with Crippen LogP contribution in [0.15, 0.2) is 36.5 Å². The van der Waals surface area contributed by atoms with Gasteiger partial charge in [-0.25, -0.2) is 13.4 Å². The maximum Gasteiger partial charge on any atom is 0.416 e. The zero-order valence-electron chi connectivity index (χ0n) is 12.3. The van der Waals surface area contributed by atoms with Crippen molar-refractivity contribution < 1.29 is 26.3 Å². The molecule has 1 aliphatic heterocycles. The molecule has 0 aliphatic carbocycles. The van der Waals surface area contributed by atoms with E-state index in [1.54, 1.807) is 6.07 Å². The van der Waals surface area contributed by atoms with Crippen molar-refractivity contribution in [3.8, 4) is 5.75 Å². The summed E-state index contributed by atoms with van der Waals surface area (Å²) in [5.74, 6) is -0.178. The second-order valence-corrected chi connectivity index (χ2v) is 6.97. The van der Waals surface area contributed by atoms with E-state index in [-0.39, 0.29) is 11.4 Å². The summed E-state index contributed by atoms with van der Waals surface area (Å²) in [6.07, 6.45) is -2.75. The molecule has 0 bridgehead atoms. The highest BCUT2D eigenvalue weighted by Crippen LogP contribution is 2.33. The van der Waals surface area contributed by atoms with Crippen molar-refractivity contribution in [2.45, 2.75) is 18.3 Å². The largest absolute Gasteiger partial charge is 0.493 e. The fraction of sp³-hybridized carbons (Fsp3) is 0.267. The normalized spacial score (nSPS) is 14.1. The molecular weight excluding hydrogens is 345 g/mol. The van der Waals surface area contributed by atoms with Crippen LogP contribution in [0.3, 0.4) is 0 Å². The third-order valence-corrected chi connectivity index (χ3v) is 4.74. The first-order valence-electron chi connectivity index (χ1n) is 7.02. The molecule has 0 saturated heterocycles. The maximum absolute atomic E-state index is 13.0. The van der Waals surface area contributed by atoms with Gasteiger partial charge in [-0.3, -0.25) is 4.72 Å². The van der Waals surface area contributed by atoms with Crippen molar-refractivity contribution in [1.82, 2.24) is 4.98 Å². The van der Waals surface area contributed by atoms with E-state index >= 15 is 0 Å². The van der Waals surface area contributed by atoms with Gasteiger partial charge in [-0.15, -0.1) is 0 Å². The van der Waals surface area contributed by atoms with E-state index in [1.807, 2.05) is 0 Å². The molecule has 0 unspecified atom stereocenters. The number of ether oxygens (including phenoxy) is 1. The molecule has 2 heterocycles. The molecule has 3 rings (SSSR count). The summed E-state index contributed by atoms with van der Waals surface area (Å²) in [5, 5.41) is 0. The number of benzene rings is 1. The van der Waals surface area contributed by atoms with E-state index < -0.39 is 27.5 Å². The number of hydrogen-bond donors (Lipinski definition) is 1. The standard InChI is InChI=1S/C15H13F3N2O3S/c16-15(17,18)12-4-2-1-3-10(12)9-24(21,22)20-14-11-6-8-23-13(11)5-7-19-14/h1-5,7H,6,8-9H2,(H,19,20). The quantitative estimate of drug-likeness (QED) is 0.912. The Morgan fingerprint density at radius 3 is 2.71 bits per heavy atom. The van der Waals surface area contributed by atoms with Crippen molar-refractivity contribution >= 4 is 15.8 Å². The van der Waals surface area contributed by atoms with Crippen LogP contribution >= 0.6 is 0 Å². The lowest BCUT2D eigenvalue weighted by atomic mass is 10.1. The first-order chi connectivity index (χ1) is 11.3. The molecular formula is C15H13F3N2O3S. The van der Waals surface area contributed by atoms with Crippen LogP contribution in [-0.2, 0) is 28.4 Å². The van der Waals surface area contributed by atoms with Crippen molar-refractivity contribution in [3.63, 3.8) is 0 Å². The number of nitrogens with one attached hydrogen (secondary N) is 1. The summed E-state index contributed by atoms with van der Waals surface area (Å²) in [6, 6.07) is 6.20. The van der Waals surface area contributed by atoms with Crippen LogP contribution in [0, 0.1) is 0 Å². The molecule has 1 N–H and O–H groups in total. The number of pyridine rings is 1. The average molecular weight is 358 g/mol. The van der Waals surface area contributed by atoms with Crippen molar-refractivity contribution in [2.75, 3.05) is 11.3 Å². The zero-order valence-corrected chi connectivity index (χ0v) is 13.1. The molecule has 2 aromatic rings. The van der Waals surface area contributed by atoms with Crippen LogP contribution < -0.4 is 9.46 Å². The van der Waals surface area contributed by atoms with Gasteiger partial charge in [-0.1, -0.05) is 18.2 Å². The van der Waals surface area contributed by atoms with Crippen LogP contribution in [0.25, 0.3) is 0 Å². The van der Waals surface area contributed by atoms with Crippen LogP contribution in [0.1, 0.15) is 16.7 Å². The summed E-state index contributed by atoms with van der Waals surface area (Å²) >= 11 is 0. The molecule has 0 spiro atoms. The van der Waals surface area contributed by atoms with Crippen molar-refractivity contribution in [1.29, 1.82) is 0 Å². The molecule has 1 aromatic heterocycles. The summed E-state index contributed by atoms with van der Waals surface area (Å²) in [7, 11) is -4.06. The maximum atomic E-state index is 13.0. The Labute approximate surface area is 136 Å². The first kappa shape index (κ1) is 16.6. The monoisotopic (exact) mass is 358 g/mol. The predicted molar refractivity (Wildman–Crippen MR) is 81.1 cm³/mol. The molecule has 0 saturated carbocycles. The Hall–Kier alpha value is -2.29. The average Bonchev–Trinajstić information content (AvgIpc) is 2.95. The van der Waals surface area contributed by atoms with Crippen LogP contribution in [-0.4, -0.2) is 20.0 Å². The SMILES string of the molecule is O=S(=O)(Cc1ccccc1C(F)(F)F)Nc1nccc2c1CCO2. The molecule has 24 heavy (non-hydrogen) atoms. The summed E-state index contributed by atoms with van der Waals surface area (Å²) in [4.78, 5) is 3.96. The van der Waals surface area contributed by atoms with E-state index in [1.165, 1.54) is 18.3 Å². The summed E-state index contributed by atoms with van der Waals surface area (Å²) in [5.41, 5.74) is -0.684. The number of anilines is 1. The van der Waals surface area contributed by atoms with E-state index in [0.29, 0.717) is 24.3 Å². The number of alkyl halides is 3. The number of rotatable bonds is 4. The number of hydrogen-bond acceptors (Lipinski definition) is 4. The smallest absolute Gasteiger partial charge is 0.416 e. The highest BCUT2D eigenvalue weighted by atomic mass is 32.2. The van der Waals surface area contributed by atoms with Crippen LogP contribution in [0.4, 0.5) is 19.0 Å². The second kappa shape index (κ2) is 5.97. The summed E-state index contributed by atoms with van der Waals surface area (Å²) in [6.45, 7) is 0.409. The third-order valence-electron chi connectivity index (χ3n) is 3.54. The lowest BCUT2D eigenvalue weighted by Crippen LogP contribution is -2.19. The van der Waals surface area contributed by atoms with E-state index in [4.69, 9.17) is 4.74 Å².